The number of nitrogens with two attached hydrogens (primary N) is 2. The van der Waals surface area contributed by atoms with Crippen LogP contribution in [0.4, 0.5) is 16.2 Å². The molecular formula is C57H62N6O13. The number of rotatable bonds is 10. The number of para-hydroxylation sites is 1. The van der Waals surface area contributed by atoms with Gasteiger partial charge in [0.1, 0.15) is 53.1 Å². The van der Waals surface area contributed by atoms with Crippen LogP contribution in [0, 0.1) is 0 Å². The predicted octanol–water partition coefficient (Wildman–Crippen LogP) is 6.39. The average molecular weight is 1040 g/mol. The molecule has 0 bridgehead atoms. The lowest BCUT2D eigenvalue weighted by Gasteiger charge is -2.42. The number of ether oxygens (including phenoxy) is 4. The third kappa shape index (κ3) is 9.66. The number of phenols is 2. The number of phenolic OH excluding ortho intramolecular Hbond substituents is 2. The SMILES string of the molecule is COc1cccc2c1C(=O)c1c(O)c3c(c(O)c1C2=O)C[C@@](O)(C(=O)CO)C[C@@H]3OC1CC(NC(=O)OC2/C=C/C(c3cnc(-c4nnc(-c5ccccc5N)c5c4CCCCCC5)c(N)c3)CCCC2)C(O)C(C)O1. The number of methoxy groups -OCH3 is 1. The van der Waals surface area contributed by atoms with Crippen LogP contribution < -0.4 is 21.5 Å². The Bertz CT molecular complexity index is 3160. The van der Waals surface area contributed by atoms with Crippen molar-refractivity contribution in [2.24, 2.45) is 0 Å². The molecule has 1 fully saturated rings. The van der Waals surface area contributed by atoms with Crippen LogP contribution in [0.1, 0.15) is 143 Å². The number of nitrogens with zero attached hydrogens (tertiary/aromatic N) is 3. The molecule has 2 aromatic heterocycles. The quantitative estimate of drug-likeness (QED) is 0.0418. The first-order chi connectivity index (χ1) is 36.6. The molecule has 3 aromatic carbocycles. The van der Waals surface area contributed by atoms with Gasteiger partial charge in [0.05, 0.1) is 53.4 Å². The lowest BCUT2D eigenvalue weighted by molar-refractivity contribution is -0.249. The number of carbonyl (C=O) groups excluding carboxylic acids is 4. The second-order valence-electron chi connectivity index (χ2n) is 20.5. The normalized spacial score (nSPS) is 25.7. The molecule has 6 unspecified atom stereocenters. The molecule has 4 aliphatic carbocycles. The number of hydrogen-bond donors (Lipinski definition) is 8. The van der Waals surface area contributed by atoms with Gasteiger partial charge in [-0.15, -0.1) is 10.2 Å². The number of aromatic nitrogens is 3. The third-order valence-electron chi connectivity index (χ3n) is 15.7. The number of hydrogen-bond acceptors (Lipinski definition) is 18. The van der Waals surface area contributed by atoms with Gasteiger partial charge in [-0.2, -0.15) is 0 Å². The van der Waals surface area contributed by atoms with Crippen LogP contribution in [0.5, 0.6) is 17.2 Å². The number of aromatic hydroxyl groups is 2. The van der Waals surface area contributed by atoms with E-state index in [0.29, 0.717) is 29.2 Å². The summed E-state index contributed by atoms with van der Waals surface area (Å²) in [6.45, 7) is 0.455. The molecule has 398 valence electrons. The Labute approximate surface area is 438 Å². The summed E-state index contributed by atoms with van der Waals surface area (Å²) in [6, 6.07) is 12.9. The summed E-state index contributed by atoms with van der Waals surface area (Å²) in [5.74, 6) is -4.20. The molecule has 1 aliphatic heterocycles. The molecule has 76 heavy (non-hydrogen) atoms. The van der Waals surface area contributed by atoms with Gasteiger partial charge < -0.3 is 61.3 Å². The fourth-order valence-corrected chi connectivity index (χ4v) is 11.7. The van der Waals surface area contributed by atoms with Crippen molar-refractivity contribution in [2.45, 2.75) is 139 Å². The van der Waals surface area contributed by atoms with Crippen molar-refractivity contribution in [1.29, 1.82) is 0 Å². The Balaban J connectivity index is 0.850. The minimum Gasteiger partial charge on any atom is -0.507 e. The molecule has 0 radical (unpaired) electrons. The maximum Gasteiger partial charge on any atom is 0.408 e. The number of alkyl carbamates (subject to hydrolysis) is 1. The molecule has 1 saturated heterocycles. The number of aliphatic hydroxyl groups is 3. The summed E-state index contributed by atoms with van der Waals surface area (Å²) in [7, 11) is 1.31. The zero-order chi connectivity index (χ0) is 53.6. The predicted molar refractivity (Wildman–Crippen MR) is 277 cm³/mol. The molecule has 10 rings (SSSR count). The van der Waals surface area contributed by atoms with E-state index in [1.165, 1.54) is 25.3 Å². The Kier molecular flexibility index (Phi) is 14.7. The number of allylic oxidation sites excluding steroid dienone is 1. The van der Waals surface area contributed by atoms with Crippen LogP contribution in [0.25, 0.3) is 22.6 Å². The van der Waals surface area contributed by atoms with Crippen LogP contribution in [0.2, 0.25) is 0 Å². The molecular weight excluding hydrogens is 977 g/mol. The summed E-state index contributed by atoms with van der Waals surface area (Å²) in [5.41, 5.74) is 16.3. The van der Waals surface area contributed by atoms with E-state index in [4.69, 9.17) is 45.6 Å². The van der Waals surface area contributed by atoms with Gasteiger partial charge in [-0.1, -0.05) is 55.7 Å². The van der Waals surface area contributed by atoms with Gasteiger partial charge in [0, 0.05) is 59.3 Å². The van der Waals surface area contributed by atoms with Crippen molar-refractivity contribution in [1.82, 2.24) is 20.5 Å². The lowest BCUT2D eigenvalue weighted by atomic mass is 9.72. The maximum atomic E-state index is 14.1. The van der Waals surface area contributed by atoms with Gasteiger partial charge in [-0.3, -0.25) is 19.4 Å². The van der Waals surface area contributed by atoms with Gasteiger partial charge >= 0.3 is 6.09 Å². The number of aliphatic hydroxyl groups excluding tert-OH is 2. The number of amides is 1. The smallest absolute Gasteiger partial charge is 0.408 e. The zero-order valence-electron chi connectivity index (χ0n) is 42.3. The monoisotopic (exact) mass is 1040 g/mol. The molecule has 19 nitrogen and oxygen atoms in total. The first kappa shape index (κ1) is 52.2. The van der Waals surface area contributed by atoms with Crippen LogP contribution >= 0.6 is 0 Å². The van der Waals surface area contributed by atoms with Crippen molar-refractivity contribution in [3.05, 3.63) is 117 Å². The zero-order valence-corrected chi connectivity index (χ0v) is 42.3. The van der Waals surface area contributed by atoms with Crippen LogP contribution in [-0.2, 0) is 38.3 Å². The van der Waals surface area contributed by atoms with E-state index in [1.807, 2.05) is 48.7 Å². The minimum atomic E-state index is -2.37. The number of ketones is 3. The highest BCUT2D eigenvalue weighted by molar-refractivity contribution is 6.31. The standard InChI is InChI=1S/C57H62N6O13/c1-28-51(66)39(23-43(74-28)76-41-25-57(72,42(65)27-64)24-36-45(41)55(70)47-46(53(36)68)52(67)35-17-11-19-40(73-2)44(35)54(47)69)61-56(71)75-31-13-8-7-12-29(20-21-31)30-22-38(59)50(60-26-30)49-33-15-6-4-3-5-14-32(33)48(62-63-49)34-16-9-10-18-37(34)58/h9-11,16-22,26,28-29,31,39,41,43,51,64,66,68,70,72H,3-8,12-15,23-25,27,58-59H2,1-2H3,(H,61,71)/b21-20+/t28?,29?,31?,39?,41-,43?,51?,57-/m0/s1. The molecule has 10 N–H and O–H groups in total. The topological polar surface area (TPSA) is 309 Å². The fourth-order valence-electron chi connectivity index (χ4n) is 11.7. The third-order valence-corrected chi connectivity index (χ3v) is 15.7. The minimum absolute atomic E-state index is 0.0573. The number of Topliss-reactive ketones (excluding diaryl/α,β-unsaturated/α-hetero) is 1. The number of nitrogen functional groups attached to an aromatic ring is 2. The van der Waals surface area contributed by atoms with E-state index in [-0.39, 0.29) is 40.3 Å². The molecule has 0 spiro atoms. The number of fused-ring (bicyclic) bond motifs is 4. The second-order valence-corrected chi connectivity index (χ2v) is 20.5. The van der Waals surface area contributed by atoms with E-state index in [2.05, 4.69) is 5.32 Å². The van der Waals surface area contributed by atoms with Crippen molar-refractivity contribution in [3.63, 3.8) is 0 Å². The Morgan fingerprint density at radius 1 is 0.829 bits per heavy atom. The van der Waals surface area contributed by atoms with Gasteiger partial charge in [-0.25, -0.2) is 4.79 Å². The van der Waals surface area contributed by atoms with Crippen LogP contribution in [0.3, 0.4) is 0 Å². The van der Waals surface area contributed by atoms with E-state index >= 15 is 0 Å². The van der Waals surface area contributed by atoms with Gasteiger partial charge in [0.25, 0.3) is 0 Å². The van der Waals surface area contributed by atoms with Crippen molar-refractivity contribution < 1.29 is 63.7 Å². The van der Waals surface area contributed by atoms with E-state index in [9.17, 15) is 44.7 Å². The second kappa shape index (κ2) is 21.4. The number of benzene rings is 3. The highest BCUT2D eigenvalue weighted by Crippen LogP contribution is 2.53. The Hall–Kier alpha value is -7.29. The molecule has 0 saturated carbocycles. The van der Waals surface area contributed by atoms with Crippen LogP contribution in [0.15, 0.2) is 66.9 Å². The van der Waals surface area contributed by atoms with E-state index in [1.54, 1.807) is 6.92 Å². The number of pyridine rings is 1. The Morgan fingerprint density at radius 2 is 1.54 bits per heavy atom. The Morgan fingerprint density at radius 3 is 2.28 bits per heavy atom. The van der Waals surface area contributed by atoms with Gasteiger partial charge in [-0.05, 0) is 92.8 Å². The highest BCUT2D eigenvalue weighted by Gasteiger charge is 2.50. The molecule has 5 aliphatic rings. The molecule has 1 amide bonds. The largest absolute Gasteiger partial charge is 0.507 e. The van der Waals surface area contributed by atoms with Crippen LogP contribution in [-0.4, -0.2) is 114 Å². The highest BCUT2D eigenvalue weighted by atomic mass is 16.7. The maximum absolute atomic E-state index is 14.1. The number of anilines is 2. The lowest BCUT2D eigenvalue weighted by Crippen LogP contribution is -2.56. The van der Waals surface area contributed by atoms with Gasteiger partial charge in [0.2, 0.25) is 5.78 Å². The van der Waals surface area contributed by atoms with Crippen molar-refractivity contribution >= 4 is 34.8 Å². The summed E-state index contributed by atoms with van der Waals surface area (Å²) in [5, 5.41) is 68.9. The van der Waals surface area contributed by atoms with Gasteiger partial charge in [0.15, 0.2) is 17.9 Å². The summed E-state index contributed by atoms with van der Waals surface area (Å²) < 4.78 is 23.7. The molecule has 3 heterocycles. The summed E-state index contributed by atoms with van der Waals surface area (Å²) >= 11 is 0. The van der Waals surface area contributed by atoms with E-state index in [0.717, 1.165) is 85.7 Å². The molecule has 8 atom stereocenters. The fraction of sp³-hybridized carbons (Fsp3) is 0.421. The summed E-state index contributed by atoms with van der Waals surface area (Å²) in [6.07, 6.45) is 6.60. The average Bonchev–Trinajstić information content (AvgIpc) is 3.39. The molecule has 5 aromatic rings. The number of nitrogens with one attached hydrogen (secondary N) is 1. The van der Waals surface area contributed by atoms with Crippen molar-refractivity contribution in [2.75, 3.05) is 25.2 Å². The first-order valence-electron chi connectivity index (χ1n) is 26.0. The summed E-state index contributed by atoms with van der Waals surface area (Å²) in [4.78, 5) is 59.8. The first-order valence-corrected chi connectivity index (χ1v) is 26.0. The molecule has 19 heteroatoms. The van der Waals surface area contributed by atoms with Crippen molar-refractivity contribution in [3.8, 4) is 39.9 Å². The van der Waals surface area contributed by atoms with E-state index < -0.39 is 108 Å². The number of carbonyl (C=O) groups is 4.